The predicted octanol–water partition coefficient (Wildman–Crippen LogP) is 5.51. The third-order valence-electron chi connectivity index (χ3n) is 4.63. The van der Waals surface area contributed by atoms with Crippen LogP contribution in [-0.2, 0) is 0 Å². The van der Waals surface area contributed by atoms with Gasteiger partial charge in [-0.1, -0.05) is 24.3 Å². The first-order valence-electron chi connectivity index (χ1n) is 9.60. The number of aryl methyl sites for hydroxylation is 1. The summed E-state index contributed by atoms with van der Waals surface area (Å²) in [7, 11) is 0. The fourth-order valence-corrected chi connectivity index (χ4v) is 3.25. The van der Waals surface area contributed by atoms with Crippen molar-refractivity contribution in [3.05, 3.63) is 71.6 Å². The molecule has 1 atom stereocenters. The van der Waals surface area contributed by atoms with E-state index in [2.05, 4.69) is 10.3 Å². The van der Waals surface area contributed by atoms with E-state index in [0.29, 0.717) is 27.9 Å². The first-order valence-corrected chi connectivity index (χ1v) is 9.60. The van der Waals surface area contributed by atoms with Gasteiger partial charge in [-0.15, -0.1) is 0 Å². The number of furan rings is 1. The lowest BCUT2D eigenvalue weighted by molar-refractivity contribution is -0.138. The van der Waals surface area contributed by atoms with Gasteiger partial charge in [0.15, 0.2) is 0 Å². The van der Waals surface area contributed by atoms with Crippen molar-refractivity contribution in [1.29, 1.82) is 0 Å². The van der Waals surface area contributed by atoms with Crippen molar-refractivity contribution < 1.29 is 22.4 Å². The lowest BCUT2D eigenvalue weighted by Crippen LogP contribution is -2.36. The van der Waals surface area contributed by atoms with Crippen LogP contribution < -0.4 is 11.1 Å². The largest absolute Gasteiger partial charge is 0.461 e. The molecule has 0 aliphatic heterocycles. The molecular weight excluding hydrogens is 407 g/mol. The molecule has 0 radical (unpaired) electrons. The number of benzene rings is 2. The van der Waals surface area contributed by atoms with E-state index in [9.17, 15) is 18.0 Å². The molecule has 1 amide bonds. The van der Waals surface area contributed by atoms with Crippen LogP contribution in [0.5, 0.6) is 0 Å². The monoisotopic (exact) mass is 429 g/mol. The van der Waals surface area contributed by atoms with E-state index in [4.69, 9.17) is 10.2 Å². The summed E-state index contributed by atoms with van der Waals surface area (Å²) < 4.78 is 43.5. The minimum Gasteiger partial charge on any atom is -0.461 e. The molecule has 0 aliphatic rings. The molecular formula is C23H22F3N3O2. The first-order chi connectivity index (χ1) is 14.7. The SMILES string of the molecule is Cc1oc2ccc(/C(C=Nc3ccccc3)=C/N)cc2c1C(=O)NC(C)CC(F)(F)F. The Labute approximate surface area is 177 Å². The molecule has 162 valence electrons. The number of halogens is 3. The number of nitrogens with two attached hydrogens (primary N) is 1. The number of hydrogen-bond donors (Lipinski definition) is 2. The zero-order chi connectivity index (χ0) is 22.6. The highest BCUT2D eigenvalue weighted by atomic mass is 19.4. The van der Waals surface area contributed by atoms with Crippen LogP contribution in [0, 0.1) is 6.92 Å². The van der Waals surface area contributed by atoms with Crippen LogP contribution in [-0.4, -0.2) is 24.3 Å². The summed E-state index contributed by atoms with van der Waals surface area (Å²) in [5.74, 6) is -0.304. The van der Waals surface area contributed by atoms with Gasteiger partial charge in [0.25, 0.3) is 5.91 Å². The second kappa shape index (κ2) is 9.07. The number of carbonyl (C=O) groups is 1. The number of allylic oxidation sites excluding steroid dienone is 1. The van der Waals surface area contributed by atoms with Gasteiger partial charge in [0.2, 0.25) is 0 Å². The van der Waals surface area contributed by atoms with E-state index in [0.717, 1.165) is 5.69 Å². The van der Waals surface area contributed by atoms with Crippen LogP contribution in [0.2, 0.25) is 0 Å². The number of carbonyl (C=O) groups excluding carboxylic acids is 1. The summed E-state index contributed by atoms with van der Waals surface area (Å²) >= 11 is 0. The molecule has 3 N–H and O–H groups in total. The van der Waals surface area contributed by atoms with Crippen LogP contribution in [0.25, 0.3) is 16.5 Å². The van der Waals surface area contributed by atoms with Crippen molar-refractivity contribution in [2.24, 2.45) is 10.7 Å². The number of aliphatic imine (C=N–C) groups is 1. The Kier molecular flexibility index (Phi) is 6.48. The predicted molar refractivity (Wildman–Crippen MR) is 115 cm³/mol. The summed E-state index contributed by atoms with van der Waals surface area (Å²) in [5, 5.41) is 2.88. The Morgan fingerprint density at radius 3 is 2.58 bits per heavy atom. The fraction of sp³-hybridized carbons (Fsp3) is 0.217. The number of rotatable bonds is 6. The van der Waals surface area contributed by atoms with Crippen molar-refractivity contribution in [2.45, 2.75) is 32.5 Å². The fourth-order valence-electron chi connectivity index (χ4n) is 3.25. The van der Waals surface area contributed by atoms with Crippen LogP contribution in [0.15, 0.2) is 64.1 Å². The number of nitrogens with one attached hydrogen (secondary N) is 1. The average Bonchev–Trinajstić information content (AvgIpc) is 3.03. The van der Waals surface area contributed by atoms with Gasteiger partial charge in [-0.3, -0.25) is 9.79 Å². The molecule has 2 aromatic carbocycles. The Morgan fingerprint density at radius 2 is 1.94 bits per heavy atom. The summed E-state index contributed by atoms with van der Waals surface area (Å²) in [6.07, 6.45) is -2.48. The van der Waals surface area contributed by atoms with Crippen molar-refractivity contribution in [3.8, 4) is 0 Å². The van der Waals surface area contributed by atoms with Crippen LogP contribution >= 0.6 is 0 Å². The van der Waals surface area contributed by atoms with Crippen molar-refractivity contribution >= 4 is 34.4 Å². The maximum atomic E-state index is 12.7. The first kappa shape index (κ1) is 22.1. The molecule has 8 heteroatoms. The van der Waals surface area contributed by atoms with Gasteiger partial charge in [-0.2, -0.15) is 13.2 Å². The van der Waals surface area contributed by atoms with Gasteiger partial charge in [0.05, 0.1) is 17.7 Å². The van der Waals surface area contributed by atoms with Crippen LogP contribution in [0.3, 0.4) is 0 Å². The molecule has 0 bridgehead atoms. The Hall–Kier alpha value is -3.55. The molecule has 0 saturated heterocycles. The van der Waals surface area contributed by atoms with Gasteiger partial charge >= 0.3 is 6.18 Å². The van der Waals surface area contributed by atoms with Gasteiger partial charge in [0, 0.05) is 29.4 Å². The zero-order valence-corrected chi connectivity index (χ0v) is 17.0. The maximum Gasteiger partial charge on any atom is 0.391 e. The molecule has 1 unspecified atom stereocenters. The van der Waals surface area contributed by atoms with Gasteiger partial charge in [-0.05, 0) is 43.7 Å². The standard InChI is InChI=1S/C23H22F3N3O2/c1-14(11-23(24,25)26)29-22(30)21-15(2)31-20-9-8-16(10-19(20)21)17(12-27)13-28-18-6-4-3-5-7-18/h3-10,12-14H,11,27H2,1-2H3,(H,29,30)/b17-12+,28-13?. The van der Waals surface area contributed by atoms with Gasteiger partial charge < -0.3 is 15.5 Å². The highest BCUT2D eigenvalue weighted by Gasteiger charge is 2.31. The summed E-state index contributed by atoms with van der Waals surface area (Å²) in [5.41, 5.74) is 8.48. The van der Waals surface area contributed by atoms with Crippen LogP contribution in [0.1, 0.15) is 35.0 Å². The van der Waals surface area contributed by atoms with E-state index in [1.807, 2.05) is 30.3 Å². The maximum absolute atomic E-state index is 12.7. The Bertz CT molecular complexity index is 1130. The third-order valence-corrected chi connectivity index (χ3v) is 4.63. The summed E-state index contributed by atoms with van der Waals surface area (Å²) in [6.45, 7) is 2.91. The van der Waals surface area contributed by atoms with Crippen molar-refractivity contribution in [1.82, 2.24) is 5.32 Å². The second-order valence-corrected chi connectivity index (χ2v) is 7.15. The van der Waals surface area contributed by atoms with E-state index in [1.54, 1.807) is 31.3 Å². The smallest absolute Gasteiger partial charge is 0.391 e. The molecule has 0 aliphatic carbocycles. The lowest BCUT2D eigenvalue weighted by Gasteiger charge is -2.15. The zero-order valence-electron chi connectivity index (χ0n) is 17.0. The van der Waals surface area contributed by atoms with E-state index >= 15 is 0 Å². The molecule has 3 rings (SSSR count). The lowest BCUT2D eigenvalue weighted by atomic mass is 10.0. The van der Waals surface area contributed by atoms with E-state index < -0.39 is 24.5 Å². The van der Waals surface area contributed by atoms with Crippen molar-refractivity contribution in [2.75, 3.05) is 0 Å². The molecule has 1 aromatic heterocycles. The van der Waals surface area contributed by atoms with Crippen LogP contribution in [0.4, 0.5) is 18.9 Å². The highest BCUT2D eigenvalue weighted by Crippen LogP contribution is 2.29. The minimum atomic E-state index is -4.37. The summed E-state index contributed by atoms with van der Waals surface area (Å²) in [6, 6.07) is 13.4. The number of fused-ring (bicyclic) bond motifs is 1. The molecule has 0 spiro atoms. The van der Waals surface area contributed by atoms with E-state index in [-0.39, 0.29) is 5.56 Å². The quantitative estimate of drug-likeness (QED) is 0.507. The average molecular weight is 429 g/mol. The number of nitrogens with zero attached hydrogens (tertiary/aromatic N) is 1. The minimum absolute atomic E-state index is 0.197. The molecule has 5 nitrogen and oxygen atoms in total. The highest BCUT2D eigenvalue weighted by molar-refractivity contribution is 6.13. The second-order valence-electron chi connectivity index (χ2n) is 7.15. The number of hydrogen-bond acceptors (Lipinski definition) is 4. The normalized spacial score (nSPS) is 13.6. The number of alkyl halides is 3. The Morgan fingerprint density at radius 1 is 1.23 bits per heavy atom. The molecule has 0 saturated carbocycles. The Balaban J connectivity index is 1.91. The molecule has 31 heavy (non-hydrogen) atoms. The third kappa shape index (κ3) is 5.53. The summed E-state index contributed by atoms with van der Waals surface area (Å²) in [4.78, 5) is 17.1. The topological polar surface area (TPSA) is 80.6 Å². The van der Waals surface area contributed by atoms with Gasteiger partial charge in [-0.25, -0.2) is 0 Å². The molecule has 0 fully saturated rings. The number of para-hydroxylation sites is 1. The molecule has 1 heterocycles. The van der Waals surface area contributed by atoms with Gasteiger partial charge in [0.1, 0.15) is 11.3 Å². The van der Waals surface area contributed by atoms with Crippen molar-refractivity contribution in [3.63, 3.8) is 0 Å². The number of amides is 1. The molecule has 3 aromatic rings. The van der Waals surface area contributed by atoms with E-state index in [1.165, 1.54) is 13.1 Å².